The highest BCUT2D eigenvalue weighted by Gasteiger charge is 2.36. The SMILES string of the molecule is O=C(C1CCCn2c(-c3cnccn3)nnc21)N1CCc2ccccc21. The molecule has 130 valence electrons. The molecular weight excluding hydrogens is 328 g/mol. The lowest BCUT2D eigenvalue weighted by Crippen LogP contribution is -2.36. The Morgan fingerprint density at radius 2 is 2.04 bits per heavy atom. The number of rotatable bonds is 2. The van der Waals surface area contributed by atoms with Crippen LogP contribution in [0.5, 0.6) is 0 Å². The van der Waals surface area contributed by atoms with Gasteiger partial charge in [0.25, 0.3) is 0 Å². The van der Waals surface area contributed by atoms with Crippen LogP contribution in [0.4, 0.5) is 5.69 Å². The summed E-state index contributed by atoms with van der Waals surface area (Å²) in [6.07, 6.45) is 7.59. The van der Waals surface area contributed by atoms with Crippen molar-refractivity contribution in [2.24, 2.45) is 0 Å². The molecule has 0 saturated heterocycles. The van der Waals surface area contributed by atoms with Crippen LogP contribution < -0.4 is 4.90 Å². The smallest absolute Gasteiger partial charge is 0.237 e. The van der Waals surface area contributed by atoms with E-state index in [1.165, 1.54) is 5.56 Å². The highest BCUT2D eigenvalue weighted by molar-refractivity contribution is 5.99. The van der Waals surface area contributed by atoms with Gasteiger partial charge in [-0.15, -0.1) is 10.2 Å². The minimum atomic E-state index is -0.257. The van der Waals surface area contributed by atoms with Gasteiger partial charge in [-0.25, -0.2) is 4.98 Å². The fraction of sp³-hybridized carbons (Fsp3) is 0.316. The molecule has 0 saturated carbocycles. The van der Waals surface area contributed by atoms with Crippen molar-refractivity contribution < 1.29 is 4.79 Å². The van der Waals surface area contributed by atoms with Gasteiger partial charge in [0.05, 0.1) is 12.1 Å². The summed E-state index contributed by atoms with van der Waals surface area (Å²) in [5.74, 6) is 1.29. The zero-order chi connectivity index (χ0) is 17.5. The van der Waals surface area contributed by atoms with Crippen molar-refractivity contribution in [2.75, 3.05) is 11.4 Å². The Balaban J connectivity index is 1.50. The van der Waals surface area contributed by atoms with Crippen LogP contribution in [0.25, 0.3) is 11.5 Å². The maximum Gasteiger partial charge on any atom is 0.237 e. The number of anilines is 1. The summed E-state index contributed by atoms with van der Waals surface area (Å²) in [7, 11) is 0. The molecule has 1 unspecified atom stereocenters. The normalized spacial score (nSPS) is 18.5. The van der Waals surface area contributed by atoms with Crippen LogP contribution in [0.15, 0.2) is 42.9 Å². The van der Waals surface area contributed by atoms with Gasteiger partial charge in [-0.2, -0.15) is 0 Å². The Kier molecular flexibility index (Phi) is 3.51. The van der Waals surface area contributed by atoms with Crippen LogP contribution >= 0.6 is 0 Å². The minimum absolute atomic E-state index is 0.119. The molecule has 26 heavy (non-hydrogen) atoms. The zero-order valence-electron chi connectivity index (χ0n) is 14.2. The Morgan fingerprint density at radius 3 is 2.92 bits per heavy atom. The summed E-state index contributed by atoms with van der Waals surface area (Å²) in [5, 5.41) is 8.67. The molecular formula is C19H18N6O. The fourth-order valence-electron chi connectivity index (χ4n) is 3.97. The van der Waals surface area contributed by atoms with Gasteiger partial charge in [0.2, 0.25) is 5.91 Å². The Labute approximate surface area is 150 Å². The fourth-order valence-corrected chi connectivity index (χ4v) is 3.97. The van der Waals surface area contributed by atoms with Crippen molar-refractivity contribution in [3.05, 3.63) is 54.2 Å². The first-order valence-electron chi connectivity index (χ1n) is 8.91. The van der Waals surface area contributed by atoms with Crippen molar-refractivity contribution >= 4 is 11.6 Å². The molecule has 4 heterocycles. The molecule has 0 bridgehead atoms. The summed E-state index contributed by atoms with van der Waals surface area (Å²) in [5.41, 5.74) is 2.95. The van der Waals surface area contributed by atoms with E-state index in [1.807, 2.05) is 27.7 Å². The number of hydrogen-bond donors (Lipinski definition) is 0. The van der Waals surface area contributed by atoms with Gasteiger partial charge in [0.1, 0.15) is 11.5 Å². The lowest BCUT2D eigenvalue weighted by molar-refractivity contribution is -0.120. The first kappa shape index (κ1) is 15.2. The maximum atomic E-state index is 13.3. The second-order valence-corrected chi connectivity index (χ2v) is 6.69. The quantitative estimate of drug-likeness (QED) is 0.711. The summed E-state index contributed by atoms with van der Waals surface area (Å²) in [4.78, 5) is 23.6. The van der Waals surface area contributed by atoms with Crippen LogP contribution in [-0.4, -0.2) is 37.2 Å². The maximum absolute atomic E-state index is 13.3. The van der Waals surface area contributed by atoms with E-state index in [2.05, 4.69) is 26.2 Å². The molecule has 1 aromatic carbocycles. The molecule has 1 atom stereocenters. The molecule has 2 aromatic heterocycles. The van der Waals surface area contributed by atoms with Crippen molar-refractivity contribution in [1.82, 2.24) is 24.7 Å². The topological polar surface area (TPSA) is 76.8 Å². The molecule has 2 aliphatic rings. The van der Waals surface area contributed by atoms with E-state index in [1.54, 1.807) is 18.6 Å². The van der Waals surface area contributed by atoms with Crippen LogP contribution in [0.2, 0.25) is 0 Å². The Hall–Kier alpha value is -3.09. The summed E-state index contributed by atoms with van der Waals surface area (Å²) in [6, 6.07) is 8.13. The van der Waals surface area contributed by atoms with E-state index in [4.69, 9.17) is 0 Å². The van der Waals surface area contributed by atoms with Crippen LogP contribution in [0, 0.1) is 0 Å². The van der Waals surface area contributed by atoms with Gasteiger partial charge in [-0.3, -0.25) is 9.78 Å². The Morgan fingerprint density at radius 1 is 1.12 bits per heavy atom. The van der Waals surface area contributed by atoms with Gasteiger partial charge < -0.3 is 9.47 Å². The average Bonchev–Trinajstić information content (AvgIpc) is 3.32. The molecule has 0 aliphatic carbocycles. The van der Waals surface area contributed by atoms with Crippen molar-refractivity contribution in [1.29, 1.82) is 0 Å². The molecule has 0 spiro atoms. The molecule has 7 nitrogen and oxygen atoms in total. The number of carbonyl (C=O) groups is 1. The lowest BCUT2D eigenvalue weighted by atomic mass is 9.97. The highest BCUT2D eigenvalue weighted by atomic mass is 16.2. The van der Waals surface area contributed by atoms with E-state index in [9.17, 15) is 4.79 Å². The number of hydrogen-bond acceptors (Lipinski definition) is 5. The van der Waals surface area contributed by atoms with Gasteiger partial charge in [-0.1, -0.05) is 18.2 Å². The number of fused-ring (bicyclic) bond motifs is 2. The van der Waals surface area contributed by atoms with E-state index >= 15 is 0 Å². The first-order chi connectivity index (χ1) is 12.8. The lowest BCUT2D eigenvalue weighted by Gasteiger charge is -2.27. The predicted octanol–water partition coefficient (Wildman–Crippen LogP) is 2.20. The molecule has 7 heteroatoms. The molecule has 0 N–H and O–H groups in total. The predicted molar refractivity (Wildman–Crippen MR) is 95.5 cm³/mol. The number of carbonyl (C=O) groups excluding carboxylic acids is 1. The summed E-state index contributed by atoms with van der Waals surface area (Å²) < 4.78 is 2.03. The minimum Gasteiger partial charge on any atom is -0.311 e. The number of nitrogens with zero attached hydrogens (tertiary/aromatic N) is 6. The number of aromatic nitrogens is 5. The number of benzene rings is 1. The van der Waals surface area contributed by atoms with Gasteiger partial charge in [-0.05, 0) is 30.9 Å². The second kappa shape index (κ2) is 6.01. The van der Waals surface area contributed by atoms with Crippen molar-refractivity contribution in [2.45, 2.75) is 31.7 Å². The number of para-hydroxylation sites is 1. The van der Waals surface area contributed by atoms with Crippen molar-refractivity contribution in [3.8, 4) is 11.5 Å². The van der Waals surface area contributed by atoms with Crippen molar-refractivity contribution in [3.63, 3.8) is 0 Å². The zero-order valence-corrected chi connectivity index (χ0v) is 14.2. The van der Waals surface area contributed by atoms with Gasteiger partial charge in [0, 0.05) is 31.2 Å². The third-order valence-electron chi connectivity index (χ3n) is 5.21. The third kappa shape index (κ3) is 2.31. The van der Waals surface area contributed by atoms with E-state index < -0.39 is 0 Å². The van der Waals surface area contributed by atoms with E-state index in [-0.39, 0.29) is 11.8 Å². The third-order valence-corrected chi connectivity index (χ3v) is 5.21. The number of amides is 1. The molecule has 0 fully saturated rings. The molecule has 5 rings (SSSR count). The summed E-state index contributed by atoms with van der Waals surface area (Å²) in [6.45, 7) is 1.54. The van der Waals surface area contributed by atoms with E-state index in [0.717, 1.165) is 43.9 Å². The summed E-state index contributed by atoms with van der Waals surface area (Å²) >= 11 is 0. The van der Waals surface area contributed by atoms with Crippen LogP contribution in [-0.2, 0) is 17.8 Å². The molecule has 0 radical (unpaired) electrons. The largest absolute Gasteiger partial charge is 0.311 e. The molecule has 1 amide bonds. The van der Waals surface area contributed by atoms with Crippen LogP contribution in [0.3, 0.4) is 0 Å². The van der Waals surface area contributed by atoms with Gasteiger partial charge >= 0.3 is 0 Å². The van der Waals surface area contributed by atoms with Gasteiger partial charge in [0.15, 0.2) is 5.82 Å². The Bertz CT molecular complexity index is 967. The monoisotopic (exact) mass is 346 g/mol. The molecule has 2 aliphatic heterocycles. The average molecular weight is 346 g/mol. The van der Waals surface area contributed by atoms with Crippen LogP contribution in [0.1, 0.15) is 30.1 Å². The van der Waals surface area contributed by atoms with E-state index in [0.29, 0.717) is 11.5 Å². The first-order valence-corrected chi connectivity index (χ1v) is 8.91. The second-order valence-electron chi connectivity index (χ2n) is 6.69. The standard InChI is InChI=1S/C19H18N6O/c26-19(24-11-7-13-4-1-2-6-16(13)24)14-5-3-10-25-17(14)22-23-18(25)15-12-20-8-9-21-15/h1-2,4,6,8-9,12,14H,3,5,7,10-11H2. The highest BCUT2D eigenvalue weighted by Crippen LogP contribution is 2.35. The molecule has 3 aromatic rings.